The highest BCUT2D eigenvalue weighted by molar-refractivity contribution is 9.10. The number of ketones is 1. The van der Waals surface area contributed by atoms with Crippen molar-refractivity contribution < 1.29 is 9.59 Å². The Morgan fingerprint density at radius 2 is 2.00 bits per heavy atom. The summed E-state index contributed by atoms with van der Waals surface area (Å²) in [5.41, 5.74) is -0.0924. The summed E-state index contributed by atoms with van der Waals surface area (Å²) in [6.45, 7) is 4.28. The van der Waals surface area contributed by atoms with E-state index in [9.17, 15) is 9.59 Å². The van der Waals surface area contributed by atoms with Crippen LogP contribution >= 0.6 is 15.9 Å². The Labute approximate surface area is 115 Å². The number of amides is 1. The second kappa shape index (κ2) is 4.84. The van der Waals surface area contributed by atoms with E-state index < -0.39 is 5.54 Å². The molecule has 1 aromatic carbocycles. The monoisotopic (exact) mass is 309 g/mol. The predicted octanol–water partition coefficient (Wildman–Crippen LogP) is 3.03. The molecule has 1 amide bonds. The van der Waals surface area contributed by atoms with E-state index in [-0.39, 0.29) is 11.7 Å². The highest BCUT2D eigenvalue weighted by atomic mass is 79.9. The van der Waals surface area contributed by atoms with Gasteiger partial charge in [0.1, 0.15) is 0 Å². The van der Waals surface area contributed by atoms with Crippen LogP contribution in [-0.2, 0) is 4.79 Å². The molecular weight excluding hydrogens is 294 g/mol. The van der Waals surface area contributed by atoms with E-state index in [1.165, 1.54) is 0 Å². The van der Waals surface area contributed by atoms with Crippen molar-refractivity contribution in [2.45, 2.75) is 32.2 Å². The van der Waals surface area contributed by atoms with Gasteiger partial charge < -0.3 is 4.90 Å². The zero-order chi connectivity index (χ0) is 13.3. The fraction of sp³-hybridized carbons (Fsp3) is 0.429. The number of Topliss-reactive ketones (excluding diaryl/α,β-unsaturated/α-hetero) is 1. The van der Waals surface area contributed by atoms with Crippen molar-refractivity contribution in [2.75, 3.05) is 6.54 Å². The van der Waals surface area contributed by atoms with Crippen molar-refractivity contribution in [3.63, 3.8) is 0 Å². The van der Waals surface area contributed by atoms with Crippen LogP contribution < -0.4 is 0 Å². The first kappa shape index (κ1) is 13.3. The van der Waals surface area contributed by atoms with Crippen LogP contribution in [0.4, 0.5) is 0 Å². The SMILES string of the molecule is CC1(C)C(=O)CCCN1C(=O)c1ccccc1Br. The smallest absolute Gasteiger partial charge is 0.255 e. The Morgan fingerprint density at radius 1 is 1.33 bits per heavy atom. The number of piperidine rings is 1. The van der Waals surface area contributed by atoms with Crippen molar-refractivity contribution in [2.24, 2.45) is 0 Å². The molecule has 0 aromatic heterocycles. The van der Waals surface area contributed by atoms with Crippen molar-refractivity contribution in [1.29, 1.82) is 0 Å². The molecule has 96 valence electrons. The molecule has 1 fully saturated rings. The summed E-state index contributed by atoms with van der Waals surface area (Å²) in [5, 5.41) is 0. The Morgan fingerprint density at radius 3 is 2.67 bits per heavy atom. The van der Waals surface area contributed by atoms with Crippen LogP contribution in [0.5, 0.6) is 0 Å². The van der Waals surface area contributed by atoms with Crippen LogP contribution in [0.1, 0.15) is 37.0 Å². The standard InChI is InChI=1S/C14H16BrNO2/c1-14(2)12(17)8-5-9-16(14)13(18)10-6-3-4-7-11(10)15/h3-4,6-7H,5,8-9H2,1-2H3. The first-order chi connectivity index (χ1) is 8.44. The summed E-state index contributed by atoms with van der Waals surface area (Å²) in [7, 11) is 0. The largest absolute Gasteiger partial charge is 0.326 e. The summed E-state index contributed by atoms with van der Waals surface area (Å²) in [6, 6.07) is 7.32. The summed E-state index contributed by atoms with van der Waals surface area (Å²) >= 11 is 3.38. The lowest BCUT2D eigenvalue weighted by Gasteiger charge is -2.41. The zero-order valence-electron chi connectivity index (χ0n) is 10.6. The summed E-state index contributed by atoms with van der Waals surface area (Å²) < 4.78 is 0.767. The average Bonchev–Trinajstić information content (AvgIpc) is 2.32. The van der Waals surface area contributed by atoms with Gasteiger partial charge in [0.05, 0.1) is 11.1 Å². The normalized spacial score (nSPS) is 18.8. The fourth-order valence-electron chi connectivity index (χ4n) is 2.27. The van der Waals surface area contributed by atoms with Crippen molar-refractivity contribution in [1.82, 2.24) is 4.90 Å². The Kier molecular flexibility index (Phi) is 3.57. The highest BCUT2D eigenvalue weighted by Gasteiger charge is 2.40. The third-order valence-electron chi connectivity index (χ3n) is 3.49. The minimum atomic E-state index is -0.704. The predicted molar refractivity (Wildman–Crippen MR) is 73.5 cm³/mol. The van der Waals surface area contributed by atoms with E-state index in [1.807, 2.05) is 32.0 Å². The number of benzene rings is 1. The Bertz CT molecular complexity index is 496. The second-order valence-corrected chi connectivity index (χ2v) is 5.88. The zero-order valence-corrected chi connectivity index (χ0v) is 12.2. The highest BCUT2D eigenvalue weighted by Crippen LogP contribution is 2.28. The lowest BCUT2D eigenvalue weighted by atomic mass is 9.88. The van der Waals surface area contributed by atoms with Crippen LogP contribution in [0.25, 0.3) is 0 Å². The fourth-order valence-corrected chi connectivity index (χ4v) is 2.72. The Balaban J connectivity index is 2.34. The molecule has 0 radical (unpaired) electrons. The van der Waals surface area contributed by atoms with Gasteiger partial charge in [0.15, 0.2) is 5.78 Å². The summed E-state index contributed by atoms with van der Waals surface area (Å²) in [6.07, 6.45) is 1.31. The van der Waals surface area contributed by atoms with Gasteiger partial charge in [-0.15, -0.1) is 0 Å². The maximum Gasteiger partial charge on any atom is 0.255 e. The van der Waals surface area contributed by atoms with Crippen LogP contribution in [-0.4, -0.2) is 28.7 Å². The van der Waals surface area contributed by atoms with E-state index in [0.29, 0.717) is 18.5 Å². The van der Waals surface area contributed by atoms with Gasteiger partial charge in [-0.2, -0.15) is 0 Å². The Hall–Kier alpha value is -1.16. The number of halogens is 1. The number of nitrogens with zero attached hydrogens (tertiary/aromatic N) is 1. The van der Waals surface area contributed by atoms with Gasteiger partial charge >= 0.3 is 0 Å². The maximum atomic E-state index is 12.5. The summed E-state index contributed by atoms with van der Waals surface area (Å²) in [5.74, 6) is 0.0506. The molecule has 1 aromatic rings. The van der Waals surface area contributed by atoms with Crippen LogP contribution in [0.15, 0.2) is 28.7 Å². The van der Waals surface area contributed by atoms with Crippen LogP contribution in [0.3, 0.4) is 0 Å². The molecule has 0 unspecified atom stereocenters. The van der Waals surface area contributed by atoms with Gasteiger partial charge in [-0.05, 0) is 48.3 Å². The van der Waals surface area contributed by atoms with Crippen molar-refractivity contribution >= 4 is 27.6 Å². The number of rotatable bonds is 1. The molecule has 0 saturated carbocycles. The minimum Gasteiger partial charge on any atom is -0.326 e. The second-order valence-electron chi connectivity index (χ2n) is 5.02. The topological polar surface area (TPSA) is 37.4 Å². The summed E-state index contributed by atoms with van der Waals surface area (Å²) in [4.78, 5) is 26.1. The van der Waals surface area contributed by atoms with E-state index >= 15 is 0 Å². The number of likely N-dealkylation sites (tertiary alicyclic amines) is 1. The molecule has 1 aliphatic rings. The molecule has 0 N–H and O–H groups in total. The minimum absolute atomic E-state index is 0.0828. The molecular formula is C14H16BrNO2. The number of carbonyl (C=O) groups is 2. The van der Waals surface area contributed by atoms with Crippen LogP contribution in [0.2, 0.25) is 0 Å². The first-order valence-corrected chi connectivity index (χ1v) is 6.83. The molecule has 0 aliphatic carbocycles. The van der Waals surface area contributed by atoms with Crippen molar-refractivity contribution in [3.05, 3.63) is 34.3 Å². The molecule has 4 heteroatoms. The van der Waals surface area contributed by atoms with E-state index in [2.05, 4.69) is 15.9 Å². The lowest BCUT2D eigenvalue weighted by molar-refractivity contribution is -0.130. The molecule has 2 rings (SSSR count). The molecule has 0 bridgehead atoms. The number of carbonyl (C=O) groups excluding carboxylic acids is 2. The molecule has 0 spiro atoms. The van der Waals surface area contributed by atoms with E-state index in [4.69, 9.17) is 0 Å². The van der Waals surface area contributed by atoms with Gasteiger partial charge in [-0.3, -0.25) is 9.59 Å². The molecule has 3 nitrogen and oxygen atoms in total. The van der Waals surface area contributed by atoms with E-state index in [1.54, 1.807) is 11.0 Å². The lowest BCUT2D eigenvalue weighted by Crippen LogP contribution is -2.56. The average molecular weight is 310 g/mol. The van der Waals surface area contributed by atoms with Gasteiger partial charge in [0, 0.05) is 17.4 Å². The molecule has 1 heterocycles. The molecule has 1 aliphatic heterocycles. The maximum absolute atomic E-state index is 12.5. The molecule has 0 atom stereocenters. The van der Waals surface area contributed by atoms with Gasteiger partial charge in [-0.1, -0.05) is 12.1 Å². The number of hydrogen-bond acceptors (Lipinski definition) is 2. The quantitative estimate of drug-likeness (QED) is 0.799. The van der Waals surface area contributed by atoms with Gasteiger partial charge in [-0.25, -0.2) is 0 Å². The van der Waals surface area contributed by atoms with Crippen molar-refractivity contribution in [3.8, 4) is 0 Å². The molecule has 18 heavy (non-hydrogen) atoms. The van der Waals surface area contributed by atoms with Gasteiger partial charge in [0.2, 0.25) is 0 Å². The number of hydrogen-bond donors (Lipinski definition) is 0. The van der Waals surface area contributed by atoms with Gasteiger partial charge in [0.25, 0.3) is 5.91 Å². The molecule has 1 saturated heterocycles. The third kappa shape index (κ3) is 2.21. The van der Waals surface area contributed by atoms with Crippen LogP contribution in [0, 0.1) is 0 Å². The first-order valence-electron chi connectivity index (χ1n) is 6.04. The van der Waals surface area contributed by atoms with E-state index in [0.717, 1.165) is 10.9 Å². The third-order valence-corrected chi connectivity index (χ3v) is 4.18.